The number of nitrogens with two attached hydrogens (primary N) is 1. The molecule has 1 aliphatic carbocycles. The van der Waals surface area contributed by atoms with Crippen molar-refractivity contribution in [3.8, 4) is 0 Å². The molecule has 1 amide bonds. The quantitative estimate of drug-likeness (QED) is 0.875. The Morgan fingerprint density at radius 3 is 2.53 bits per heavy atom. The minimum absolute atomic E-state index is 0. The first-order valence-corrected chi connectivity index (χ1v) is 7.25. The van der Waals surface area contributed by atoms with Gasteiger partial charge in [0.25, 0.3) is 0 Å². The van der Waals surface area contributed by atoms with Crippen molar-refractivity contribution in [1.82, 2.24) is 0 Å². The third-order valence-corrected chi connectivity index (χ3v) is 4.07. The molecule has 0 spiro atoms. The van der Waals surface area contributed by atoms with Gasteiger partial charge in [-0.3, -0.25) is 4.79 Å². The van der Waals surface area contributed by atoms with Crippen LogP contribution in [0.5, 0.6) is 0 Å². The first-order chi connectivity index (χ1) is 8.65. The Morgan fingerprint density at radius 2 is 1.89 bits per heavy atom. The zero-order valence-electron chi connectivity index (χ0n) is 10.8. The Labute approximate surface area is 128 Å². The molecule has 1 fully saturated rings. The van der Waals surface area contributed by atoms with Crippen molar-refractivity contribution in [1.29, 1.82) is 0 Å². The van der Waals surface area contributed by atoms with Crippen LogP contribution in [0.1, 0.15) is 32.1 Å². The average Bonchev–Trinajstić information content (AvgIpc) is 2.35. The molecule has 0 bridgehead atoms. The fourth-order valence-electron chi connectivity index (χ4n) is 2.47. The van der Waals surface area contributed by atoms with Crippen LogP contribution in [-0.2, 0) is 4.79 Å². The second-order valence-corrected chi connectivity index (χ2v) is 5.88. The van der Waals surface area contributed by atoms with E-state index in [-0.39, 0.29) is 24.4 Å². The molecule has 5 heteroatoms. The van der Waals surface area contributed by atoms with Crippen LogP contribution >= 0.6 is 28.3 Å². The Hall–Kier alpha value is -0.580. The first-order valence-electron chi connectivity index (χ1n) is 6.46. The highest BCUT2D eigenvalue weighted by Gasteiger charge is 2.24. The van der Waals surface area contributed by atoms with E-state index >= 15 is 0 Å². The summed E-state index contributed by atoms with van der Waals surface area (Å²) in [6.07, 6.45) is 5.07. The molecule has 1 aromatic carbocycles. The lowest BCUT2D eigenvalue weighted by Gasteiger charge is -2.27. The number of nitrogens with one attached hydrogen (secondary N) is 1. The van der Waals surface area contributed by atoms with E-state index in [1.807, 2.05) is 24.3 Å². The van der Waals surface area contributed by atoms with Gasteiger partial charge in [0.2, 0.25) is 5.91 Å². The number of amides is 1. The highest BCUT2D eigenvalue weighted by Crippen LogP contribution is 2.26. The summed E-state index contributed by atoms with van der Waals surface area (Å²) in [6, 6.07) is 7.81. The van der Waals surface area contributed by atoms with Gasteiger partial charge in [-0.05, 0) is 43.0 Å². The molecule has 106 valence electrons. The maximum atomic E-state index is 11.9. The fraction of sp³-hybridized carbons (Fsp3) is 0.500. The maximum Gasteiger partial charge on any atom is 0.224 e. The van der Waals surface area contributed by atoms with Crippen LogP contribution in [0.3, 0.4) is 0 Å². The number of carbonyl (C=O) groups excluding carboxylic acids is 1. The molecule has 0 aliphatic heterocycles. The van der Waals surface area contributed by atoms with Crippen LogP contribution in [0.2, 0.25) is 0 Å². The average molecular weight is 348 g/mol. The van der Waals surface area contributed by atoms with Crippen molar-refractivity contribution in [2.45, 2.75) is 38.1 Å². The van der Waals surface area contributed by atoms with Gasteiger partial charge >= 0.3 is 0 Å². The van der Waals surface area contributed by atoms with E-state index in [1.165, 1.54) is 12.8 Å². The number of carbonyl (C=O) groups is 1. The van der Waals surface area contributed by atoms with Gasteiger partial charge in [-0.2, -0.15) is 0 Å². The lowest BCUT2D eigenvalue weighted by Crippen LogP contribution is -2.35. The van der Waals surface area contributed by atoms with Crippen molar-refractivity contribution in [3.05, 3.63) is 28.7 Å². The zero-order valence-corrected chi connectivity index (χ0v) is 13.2. The second kappa shape index (κ2) is 7.88. The molecule has 1 aliphatic rings. The van der Waals surface area contributed by atoms with Crippen LogP contribution in [0.25, 0.3) is 0 Å². The lowest BCUT2D eigenvalue weighted by molar-refractivity contribution is -0.117. The minimum Gasteiger partial charge on any atom is -0.327 e. The standard InChI is InChI=1S/C14H19BrN2O.ClH/c15-11-5-7-12(8-6-11)17-14(18)9-10-3-1-2-4-13(10)16;/h5-8,10,13H,1-4,9,16H2,(H,17,18);1H. The lowest BCUT2D eigenvalue weighted by atomic mass is 9.83. The second-order valence-electron chi connectivity index (χ2n) is 4.97. The molecule has 19 heavy (non-hydrogen) atoms. The van der Waals surface area contributed by atoms with Crippen LogP contribution in [0, 0.1) is 5.92 Å². The summed E-state index contributed by atoms with van der Waals surface area (Å²) >= 11 is 3.37. The number of benzene rings is 1. The van der Waals surface area contributed by atoms with Gasteiger partial charge < -0.3 is 11.1 Å². The molecule has 3 nitrogen and oxygen atoms in total. The largest absolute Gasteiger partial charge is 0.327 e. The Balaban J connectivity index is 0.00000180. The molecule has 0 radical (unpaired) electrons. The van der Waals surface area contributed by atoms with E-state index in [9.17, 15) is 4.79 Å². The SMILES string of the molecule is Cl.NC1CCCCC1CC(=O)Nc1ccc(Br)cc1. The molecule has 1 aromatic rings. The van der Waals surface area contributed by atoms with Gasteiger partial charge in [0.15, 0.2) is 0 Å². The summed E-state index contributed by atoms with van der Waals surface area (Å²) in [5.74, 6) is 0.411. The summed E-state index contributed by atoms with van der Waals surface area (Å²) in [5.41, 5.74) is 6.89. The Morgan fingerprint density at radius 1 is 1.26 bits per heavy atom. The van der Waals surface area contributed by atoms with Crippen molar-refractivity contribution in [3.63, 3.8) is 0 Å². The van der Waals surface area contributed by atoms with Gasteiger partial charge in [-0.15, -0.1) is 12.4 Å². The summed E-state index contributed by atoms with van der Waals surface area (Å²) in [6.45, 7) is 0. The predicted octanol–water partition coefficient (Wildman–Crippen LogP) is 3.72. The number of anilines is 1. The molecule has 0 heterocycles. The van der Waals surface area contributed by atoms with E-state index in [0.29, 0.717) is 12.3 Å². The van der Waals surface area contributed by atoms with Gasteiger partial charge in [-0.25, -0.2) is 0 Å². The molecule has 2 atom stereocenters. The fourth-order valence-corrected chi connectivity index (χ4v) is 2.74. The van der Waals surface area contributed by atoms with Gasteiger partial charge in [-0.1, -0.05) is 28.8 Å². The van der Waals surface area contributed by atoms with E-state index < -0.39 is 0 Å². The summed E-state index contributed by atoms with van der Waals surface area (Å²) < 4.78 is 1.01. The molecular weight excluding hydrogens is 328 g/mol. The van der Waals surface area contributed by atoms with E-state index in [4.69, 9.17) is 5.73 Å². The first kappa shape index (κ1) is 16.5. The molecule has 2 unspecified atom stereocenters. The molecule has 0 saturated heterocycles. The van der Waals surface area contributed by atoms with Gasteiger partial charge in [0.1, 0.15) is 0 Å². The van der Waals surface area contributed by atoms with E-state index in [0.717, 1.165) is 23.0 Å². The Kier molecular flexibility index (Phi) is 6.83. The van der Waals surface area contributed by atoms with E-state index in [2.05, 4.69) is 21.2 Å². The highest BCUT2D eigenvalue weighted by molar-refractivity contribution is 9.10. The predicted molar refractivity (Wildman–Crippen MR) is 84.6 cm³/mol. The maximum absolute atomic E-state index is 11.9. The zero-order chi connectivity index (χ0) is 13.0. The van der Waals surface area contributed by atoms with Crippen LogP contribution in [0.15, 0.2) is 28.7 Å². The number of hydrogen-bond donors (Lipinski definition) is 2. The van der Waals surface area contributed by atoms with Crippen LogP contribution in [0.4, 0.5) is 5.69 Å². The molecule has 1 saturated carbocycles. The normalized spacial score (nSPS) is 22.4. The van der Waals surface area contributed by atoms with Crippen molar-refractivity contribution in [2.24, 2.45) is 11.7 Å². The topological polar surface area (TPSA) is 55.1 Å². The van der Waals surface area contributed by atoms with Crippen molar-refractivity contribution < 1.29 is 4.79 Å². The van der Waals surface area contributed by atoms with Gasteiger partial charge in [0.05, 0.1) is 0 Å². The monoisotopic (exact) mass is 346 g/mol. The van der Waals surface area contributed by atoms with Gasteiger partial charge in [0, 0.05) is 22.6 Å². The third kappa shape index (κ3) is 5.13. The Bertz CT molecular complexity index is 410. The summed E-state index contributed by atoms with van der Waals surface area (Å²) in [5, 5.41) is 2.92. The number of halogens is 2. The van der Waals surface area contributed by atoms with E-state index in [1.54, 1.807) is 0 Å². The number of hydrogen-bond acceptors (Lipinski definition) is 2. The molecular formula is C14H20BrClN2O. The summed E-state index contributed by atoms with van der Waals surface area (Å²) in [7, 11) is 0. The van der Waals surface area contributed by atoms with Crippen LogP contribution in [-0.4, -0.2) is 11.9 Å². The highest BCUT2D eigenvalue weighted by atomic mass is 79.9. The molecule has 3 N–H and O–H groups in total. The number of rotatable bonds is 3. The van der Waals surface area contributed by atoms with Crippen LogP contribution < -0.4 is 11.1 Å². The van der Waals surface area contributed by atoms with Crippen molar-refractivity contribution >= 4 is 39.9 Å². The summed E-state index contributed by atoms with van der Waals surface area (Å²) in [4.78, 5) is 11.9. The minimum atomic E-state index is 0. The van der Waals surface area contributed by atoms with Crippen molar-refractivity contribution in [2.75, 3.05) is 5.32 Å². The molecule has 0 aromatic heterocycles. The molecule has 2 rings (SSSR count). The third-order valence-electron chi connectivity index (χ3n) is 3.54. The smallest absolute Gasteiger partial charge is 0.224 e.